The molecule has 0 radical (unpaired) electrons. The molecular weight excluding hydrogens is 462 g/mol. The van der Waals surface area contributed by atoms with E-state index in [1.807, 2.05) is 31.2 Å². The van der Waals surface area contributed by atoms with E-state index in [1.165, 1.54) is 11.3 Å². The maximum Gasteiger partial charge on any atom is 0.321 e. The van der Waals surface area contributed by atoms with Crippen molar-refractivity contribution in [3.8, 4) is 5.75 Å². The summed E-state index contributed by atoms with van der Waals surface area (Å²) in [6.45, 7) is 3.75. The fraction of sp³-hybridized carbons (Fsp3) is 0.304. The number of urea groups is 1. The summed E-state index contributed by atoms with van der Waals surface area (Å²) in [6.07, 6.45) is 1.53. The van der Waals surface area contributed by atoms with Crippen LogP contribution >= 0.6 is 22.9 Å². The minimum absolute atomic E-state index is 0.128. The van der Waals surface area contributed by atoms with Gasteiger partial charge in [-0.2, -0.15) is 0 Å². The third-order valence-corrected chi connectivity index (χ3v) is 6.58. The van der Waals surface area contributed by atoms with Crippen molar-refractivity contribution in [1.82, 2.24) is 15.1 Å². The van der Waals surface area contributed by atoms with Crippen LogP contribution < -0.4 is 15.4 Å². The van der Waals surface area contributed by atoms with Crippen molar-refractivity contribution in [2.75, 3.05) is 30.3 Å². The molecule has 1 aliphatic heterocycles. The lowest BCUT2D eigenvalue weighted by molar-refractivity contribution is 0.102. The first-order valence-corrected chi connectivity index (χ1v) is 11.9. The normalized spacial score (nSPS) is 14.1. The van der Waals surface area contributed by atoms with Gasteiger partial charge in [-0.1, -0.05) is 29.0 Å². The maximum absolute atomic E-state index is 12.6. The Kier molecular flexibility index (Phi) is 7.41. The molecule has 1 fully saturated rings. The summed E-state index contributed by atoms with van der Waals surface area (Å²) in [5, 5.41) is 15.7. The van der Waals surface area contributed by atoms with Crippen molar-refractivity contribution < 1.29 is 14.3 Å². The van der Waals surface area contributed by atoms with Gasteiger partial charge in [-0.3, -0.25) is 4.79 Å². The fourth-order valence-corrected chi connectivity index (χ4v) is 4.67. The largest absolute Gasteiger partial charge is 0.494 e. The number of rotatable bonds is 6. The van der Waals surface area contributed by atoms with Gasteiger partial charge in [0.1, 0.15) is 10.8 Å². The van der Waals surface area contributed by atoms with Crippen LogP contribution in [0.15, 0.2) is 48.5 Å². The smallest absolute Gasteiger partial charge is 0.321 e. The molecule has 1 aliphatic rings. The summed E-state index contributed by atoms with van der Waals surface area (Å²) >= 11 is 7.25. The molecule has 10 heteroatoms. The third kappa shape index (κ3) is 6.00. The number of benzene rings is 2. The molecule has 2 heterocycles. The van der Waals surface area contributed by atoms with E-state index in [4.69, 9.17) is 16.3 Å². The standard InChI is InChI=1S/C23H24ClN5O3S/c1-2-32-19-8-6-17(7-9-19)26-23(31)29-12-10-15(11-13-29)21-27-28-22(33-21)20(30)25-18-5-3-4-16(24)14-18/h3-9,14-15H,2,10-13H2,1H3,(H,25,30)(H,26,31). The van der Waals surface area contributed by atoms with Crippen LogP contribution in [0.3, 0.4) is 0 Å². The highest BCUT2D eigenvalue weighted by Crippen LogP contribution is 2.31. The summed E-state index contributed by atoms with van der Waals surface area (Å²) in [7, 11) is 0. The zero-order valence-corrected chi connectivity index (χ0v) is 19.7. The predicted octanol–water partition coefficient (Wildman–Crippen LogP) is 5.25. The number of nitrogens with zero attached hydrogens (tertiary/aromatic N) is 3. The lowest BCUT2D eigenvalue weighted by atomic mass is 9.98. The van der Waals surface area contributed by atoms with Gasteiger partial charge < -0.3 is 20.3 Å². The SMILES string of the molecule is CCOc1ccc(NC(=O)N2CCC(c3nnc(C(=O)Nc4cccc(Cl)c4)s3)CC2)cc1. The van der Waals surface area contributed by atoms with Crippen molar-refractivity contribution in [2.24, 2.45) is 0 Å². The first kappa shape index (κ1) is 23.0. The Morgan fingerprint density at radius 1 is 1.09 bits per heavy atom. The number of amides is 3. The van der Waals surface area contributed by atoms with Gasteiger partial charge in [0.05, 0.1) is 6.61 Å². The minimum atomic E-state index is -0.312. The number of hydrogen-bond donors (Lipinski definition) is 2. The van der Waals surface area contributed by atoms with Crippen molar-refractivity contribution in [1.29, 1.82) is 0 Å². The Morgan fingerprint density at radius 3 is 2.55 bits per heavy atom. The lowest BCUT2D eigenvalue weighted by Gasteiger charge is -2.31. The lowest BCUT2D eigenvalue weighted by Crippen LogP contribution is -2.40. The molecule has 0 bridgehead atoms. The summed E-state index contributed by atoms with van der Waals surface area (Å²) in [5.41, 5.74) is 1.33. The van der Waals surface area contributed by atoms with Gasteiger partial charge in [0.15, 0.2) is 0 Å². The molecule has 0 aliphatic carbocycles. The summed E-state index contributed by atoms with van der Waals surface area (Å²) in [4.78, 5) is 26.9. The Morgan fingerprint density at radius 2 is 1.85 bits per heavy atom. The Balaban J connectivity index is 1.28. The minimum Gasteiger partial charge on any atom is -0.494 e. The summed E-state index contributed by atoms with van der Waals surface area (Å²) in [5.74, 6) is 0.631. The number of carbonyl (C=O) groups is 2. The second kappa shape index (κ2) is 10.6. The van der Waals surface area contributed by atoms with Crippen LogP contribution in [-0.2, 0) is 0 Å². The van der Waals surface area contributed by atoms with Crippen molar-refractivity contribution in [3.63, 3.8) is 0 Å². The molecule has 2 aromatic carbocycles. The number of aromatic nitrogens is 2. The number of carbonyl (C=O) groups excluding carboxylic acids is 2. The zero-order chi connectivity index (χ0) is 23.2. The zero-order valence-electron chi connectivity index (χ0n) is 18.1. The second-order valence-electron chi connectivity index (χ2n) is 7.56. The molecule has 3 amide bonds. The number of hydrogen-bond acceptors (Lipinski definition) is 6. The number of anilines is 2. The first-order valence-electron chi connectivity index (χ1n) is 10.7. The van der Waals surface area contributed by atoms with Gasteiger partial charge in [-0.15, -0.1) is 10.2 Å². The van der Waals surface area contributed by atoms with Gasteiger partial charge in [-0.25, -0.2) is 4.79 Å². The van der Waals surface area contributed by atoms with E-state index in [0.29, 0.717) is 35.4 Å². The number of halogens is 1. The quantitative estimate of drug-likeness (QED) is 0.496. The second-order valence-corrected chi connectivity index (χ2v) is 9.00. The molecule has 1 saturated heterocycles. The number of nitrogens with one attached hydrogen (secondary N) is 2. The highest BCUT2D eigenvalue weighted by Gasteiger charge is 2.27. The van der Waals surface area contributed by atoms with Crippen molar-refractivity contribution in [2.45, 2.75) is 25.7 Å². The molecule has 0 atom stereocenters. The van der Waals surface area contributed by atoms with Gasteiger partial charge in [-0.05, 0) is 62.2 Å². The maximum atomic E-state index is 12.6. The molecule has 8 nitrogen and oxygen atoms in total. The van der Waals surface area contributed by atoms with E-state index in [-0.39, 0.29) is 17.9 Å². The van der Waals surface area contributed by atoms with Gasteiger partial charge in [0.25, 0.3) is 5.91 Å². The van der Waals surface area contributed by atoms with Crippen molar-refractivity contribution >= 4 is 46.3 Å². The molecule has 1 aromatic heterocycles. The van der Waals surface area contributed by atoms with E-state index < -0.39 is 0 Å². The van der Waals surface area contributed by atoms with Crippen LogP contribution in [0, 0.1) is 0 Å². The van der Waals surface area contributed by atoms with Crippen LogP contribution in [0.5, 0.6) is 5.75 Å². The van der Waals surface area contributed by atoms with E-state index in [0.717, 1.165) is 29.3 Å². The van der Waals surface area contributed by atoms with Crippen LogP contribution in [0.2, 0.25) is 5.02 Å². The van der Waals surface area contributed by atoms with E-state index in [2.05, 4.69) is 20.8 Å². The highest BCUT2D eigenvalue weighted by molar-refractivity contribution is 7.13. The first-order chi connectivity index (χ1) is 16.0. The van der Waals surface area contributed by atoms with Crippen LogP contribution in [-0.4, -0.2) is 46.7 Å². The Bertz CT molecular complexity index is 1110. The molecule has 3 aromatic rings. The predicted molar refractivity (Wildman–Crippen MR) is 129 cm³/mol. The topological polar surface area (TPSA) is 96.4 Å². The van der Waals surface area contributed by atoms with Crippen LogP contribution in [0.1, 0.15) is 40.5 Å². The van der Waals surface area contributed by atoms with E-state index in [9.17, 15) is 9.59 Å². The summed E-state index contributed by atoms with van der Waals surface area (Å²) in [6, 6.07) is 14.1. The fourth-order valence-electron chi connectivity index (χ4n) is 3.58. The van der Waals surface area contributed by atoms with Crippen LogP contribution in [0.4, 0.5) is 16.2 Å². The number of likely N-dealkylation sites (tertiary alicyclic amines) is 1. The number of piperidine rings is 1. The molecule has 172 valence electrons. The average molecular weight is 486 g/mol. The van der Waals surface area contributed by atoms with Gasteiger partial charge >= 0.3 is 6.03 Å². The third-order valence-electron chi connectivity index (χ3n) is 5.27. The Labute approximate surface area is 200 Å². The monoisotopic (exact) mass is 485 g/mol. The molecule has 4 rings (SSSR count). The molecule has 0 spiro atoms. The molecule has 33 heavy (non-hydrogen) atoms. The molecule has 0 saturated carbocycles. The molecule has 2 N–H and O–H groups in total. The molecular formula is C23H24ClN5O3S. The van der Waals surface area contributed by atoms with Crippen LogP contribution in [0.25, 0.3) is 0 Å². The highest BCUT2D eigenvalue weighted by atomic mass is 35.5. The van der Waals surface area contributed by atoms with Gasteiger partial charge in [0, 0.05) is 35.4 Å². The average Bonchev–Trinajstić information content (AvgIpc) is 3.31. The summed E-state index contributed by atoms with van der Waals surface area (Å²) < 4.78 is 5.42. The number of ether oxygens (including phenoxy) is 1. The van der Waals surface area contributed by atoms with Crippen molar-refractivity contribution in [3.05, 3.63) is 63.6 Å². The Hall–Kier alpha value is -3.17. The van der Waals surface area contributed by atoms with E-state index >= 15 is 0 Å². The van der Waals surface area contributed by atoms with E-state index in [1.54, 1.807) is 29.2 Å². The van der Waals surface area contributed by atoms with Gasteiger partial charge in [0.2, 0.25) is 5.01 Å². The molecule has 0 unspecified atom stereocenters.